The molecule has 24 heavy (non-hydrogen) atoms. The SMILES string of the molecule is C[C@@H]1CN(C(C)(C)CNC(=O)[C@@H]2Cc3ccccc3O2)C[C@H](C)O1. The lowest BCUT2D eigenvalue weighted by atomic mass is 10.00. The summed E-state index contributed by atoms with van der Waals surface area (Å²) < 4.78 is 11.6. The normalized spacial score (nSPS) is 27.4. The summed E-state index contributed by atoms with van der Waals surface area (Å²) in [5.41, 5.74) is 0.987. The lowest BCUT2D eigenvalue weighted by Gasteiger charge is -2.45. The van der Waals surface area contributed by atoms with E-state index in [1.165, 1.54) is 0 Å². The molecule has 1 amide bonds. The molecule has 3 rings (SSSR count). The molecule has 1 fully saturated rings. The predicted molar refractivity (Wildman–Crippen MR) is 93.2 cm³/mol. The Bertz CT molecular complexity index is 567. The molecule has 0 aliphatic carbocycles. The van der Waals surface area contributed by atoms with Crippen molar-refractivity contribution >= 4 is 5.91 Å². The largest absolute Gasteiger partial charge is 0.480 e. The summed E-state index contributed by atoms with van der Waals surface area (Å²) in [5, 5.41) is 3.08. The van der Waals surface area contributed by atoms with Crippen LogP contribution in [0.1, 0.15) is 33.3 Å². The van der Waals surface area contributed by atoms with Crippen LogP contribution in [0.2, 0.25) is 0 Å². The van der Waals surface area contributed by atoms with Crippen LogP contribution >= 0.6 is 0 Å². The number of hydrogen-bond acceptors (Lipinski definition) is 4. The molecule has 132 valence electrons. The van der Waals surface area contributed by atoms with Gasteiger partial charge in [0.05, 0.1) is 12.2 Å². The lowest BCUT2D eigenvalue weighted by molar-refractivity contribution is -0.128. The Morgan fingerprint density at radius 2 is 1.92 bits per heavy atom. The van der Waals surface area contributed by atoms with Gasteiger partial charge in [0.1, 0.15) is 5.75 Å². The van der Waals surface area contributed by atoms with Gasteiger partial charge in [0.25, 0.3) is 5.91 Å². The molecule has 1 aromatic carbocycles. The fraction of sp³-hybridized carbons (Fsp3) is 0.632. The number of morpholine rings is 1. The van der Waals surface area contributed by atoms with Gasteiger partial charge in [0.2, 0.25) is 0 Å². The van der Waals surface area contributed by atoms with Crippen molar-refractivity contribution in [3.63, 3.8) is 0 Å². The topological polar surface area (TPSA) is 50.8 Å². The molecule has 1 N–H and O–H groups in total. The van der Waals surface area contributed by atoms with Gasteiger partial charge in [-0.3, -0.25) is 9.69 Å². The third kappa shape index (κ3) is 3.73. The molecule has 0 unspecified atom stereocenters. The van der Waals surface area contributed by atoms with Crippen molar-refractivity contribution in [2.24, 2.45) is 0 Å². The molecule has 0 aromatic heterocycles. The molecule has 5 heteroatoms. The van der Waals surface area contributed by atoms with Crippen molar-refractivity contribution < 1.29 is 14.3 Å². The van der Waals surface area contributed by atoms with Gasteiger partial charge in [-0.15, -0.1) is 0 Å². The van der Waals surface area contributed by atoms with Crippen LogP contribution in [0, 0.1) is 0 Å². The first-order valence-electron chi connectivity index (χ1n) is 8.78. The summed E-state index contributed by atoms with van der Waals surface area (Å²) in [6, 6.07) is 7.85. The zero-order valence-corrected chi connectivity index (χ0v) is 15.0. The van der Waals surface area contributed by atoms with E-state index in [1.807, 2.05) is 24.3 Å². The van der Waals surface area contributed by atoms with Crippen LogP contribution in [0.5, 0.6) is 5.75 Å². The maximum Gasteiger partial charge on any atom is 0.261 e. The number of fused-ring (bicyclic) bond motifs is 1. The summed E-state index contributed by atoms with van der Waals surface area (Å²) in [6.45, 7) is 10.9. The second-order valence-corrected chi connectivity index (χ2v) is 7.61. The summed E-state index contributed by atoms with van der Waals surface area (Å²) in [4.78, 5) is 14.9. The Labute approximate surface area is 144 Å². The van der Waals surface area contributed by atoms with Crippen molar-refractivity contribution in [2.45, 2.75) is 58.0 Å². The number of carbonyl (C=O) groups excluding carboxylic acids is 1. The quantitative estimate of drug-likeness (QED) is 0.916. The number of benzene rings is 1. The van der Waals surface area contributed by atoms with Crippen molar-refractivity contribution in [1.29, 1.82) is 0 Å². The zero-order chi connectivity index (χ0) is 17.3. The highest BCUT2D eigenvalue weighted by molar-refractivity contribution is 5.82. The number of amides is 1. The number of ether oxygens (including phenoxy) is 2. The number of hydrogen-bond donors (Lipinski definition) is 1. The van der Waals surface area contributed by atoms with Gasteiger partial charge >= 0.3 is 0 Å². The van der Waals surface area contributed by atoms with E-state index in [-0.39, 0.29) is 23.7 Å². The van der Waals surface area contributed by atoms with Crippen molar-refractivity contribution in [3.8, 4) is 5.75 Å². The highest BCUT2D eigenvalue weighted by Crippen LogP contribution is 2.28. The maximum atomic E-state index is 12.5. The predicted octanol–water partition coefficient (Wildman–Crippen LogP) is 1.99. The van der Waals surface area contributed by atoms with E-state index in [0.29, 0.717) is 13.0 Å². The van der Waals surface area contributed by atoms with Gasteiger partial charge in [0.15, 0.2) is 6.10 Å². The fourth-order valence-electron chi connectivity index (χ4n) is 3.53. The standard InChI is InChI=1S/C19H28N2O3/c1-13-10-21(11-14(2)23-13)19(3,4)12-20-18(22)17-9-15-7-5-6-8-16(15)24-17/h5-8,13-14,17H,9-12H2,1-4H3,(H,20,22)/t13-,14+,17-/m0/s1. The molecule has 0 bridgehead atoms. The average molecular weight is 332 g/mol. The second-order valence-electron chi connectivity index (χ2n) is 7.61. The highest BCUT2D eigenvalue weighted by Gasteiger charge is 2.35. The zero-order valence-electron chi connectivity index (χ0n) is 15.0. The van der Waals surface area contributed by atoms with Crippen LogP contribution in [-0.4, -0.2) is 54.3 Å². The number of rotatable bonds is 4. The van der Waals surface area contributed by atoms with E-state index in [9.17, 15) is 4.79 Å². The van der Waals surface area contributed by atoms with E-state index >= 15 is 0 Å². The third-order valence-electron chi connectivity index (χ3n) is 4.91. The Kier molecular flexibility index (Phi) is 4.83. The monoisotopic (exact) mass is 332 g/mol. The van der Waals surface area contributed by atoms with E-state index in [1.54, 1.807) is 0 Å². The molecule has 2 heterocycles. The van der Waals surface area contributed by atoms with Crippen molar-refractivity contribution in [1.82, 2.24) is 10.2 Å². The Hall–Kier alpha value is -1.59. The summed E-state index contributed by atoms with van der Waals surface area (Å²) >= 11 is 0. The second kappa shape index (κ2) is 6.73. The third-order valence-corrected chi connectivity index (χ3v) is 4.91. The Morgan fingerprint density at radius 1 is 1.25 bits per heavy atom. The number of para-hydroxylation sites is 1. The Balaban J connectivity index is 1.54. The van der Waals surface area contributed by atoms with Gasteiger partial charge < -0.3 is 14.8 Å². The molecular formula is C19H28N2O3. The first kappa shape index (κ1) is 17.2. The molecule has 3 atom stereocenters. The summed E-state index contributed by atoms with van der Waals surface area (Å²) in [5.74, 6) is 0.793. The van der Waals surface area contributed by atoms with Gasteiger partial charge in [-0.1, -0.05) is 18.2 Å². The molecule has 0 saturated carbocycles. The van der Waals surface area contributed by atoms with Crippen molar-refractivity contribution in [3.05, 3.63) is 29.8 Å². The minimum absolute atomic E-state index is 0.0337. The number of nitrogens with one attached hydrogen (secondary N) is 1. The van der Waals surface area contributed by atoms with E-state index < -0.39 is 6.10 Å². The number of nitrogens with zero attached hydrogens (tertiary/aromatic N) is 1. The van der Waals surface area contributed by atoms with Crippen LogP contribution in [-0.2, 0) is 16.0 Å². The Morgan fingerprint density at radius 3 is 2.58 bits per heavy atom. The fourth-order valence-corrected chi connectivity index (χ4v) is 3.53. The molecular weight excluding hydrogens is 304 g/mol. The smallest absolute Gasteiger partial charge is 0.261 e. The molecule has 2 aliphatic heterocycles. The van der Waals surface area contributed by atoms with Crippen LogP contribution in [0.25, 0.3) is 0 Å². The molecule has 1 aromatic rings. The van der Waals surface area contributed by atoms with Crippen LogP contribution < -0.4 is 10.1 Å². The number of carbonyl (C=O) groups is 1. The molecule has 5 nitrogen and oxygen atoms in total. The van der Waals surface area contributed by atoms with Crippen LogP contribution in [0.4, 0.5) is 0 Å². The van der Waals surface area contributed by atoms with Gasteiger partial charge in [-0.25, -0.2) is 0 Å². The van der Waals surface area contributed by atoms with E-state index in [2.05, 4.69) is 37.9 Å². The lowest BCUT2D eigenvalue weighted by Crippen LogP contribution is -2.59. The molecule has 0 spiro atoms. The van der Waals surface area contributed by atoms with Crippen LogP contribution in [0.15, 0.2) is 24.3 Å². The van der Waals surface area contributed by atoms with Crippen molar-refractivity contribution in [2.75, 3.05) is 19.6 Å². The highest BCUT2D eigenvalue weighted by atomic mass is 16.5. The van der Waals surface area contributed by atoms with Gasteiger partial charge in [0, 0.05) is 31.6 Å². The van der Waals surface area contributed by atoms with Gasteiger partial charge in [-0.2, -0.15) is 0 Å². The maximum absolute atomic E-state index is 12.5. The van der Waals surface area contributed by atoms with Crippen LogP contribution in [0.3, 0.4) is 0 Å². The van der Waals surface area contributed by atoms with E-state index in [4.69, 9.17) is 9.47 Å². The molecule has 0 radical (unpaired) electrons. The molecule has 1 saturated heterocycles. The summed E-state index contributed by atoms with van der Waals surface area (Å²) in [7, 11) is 0. The minimum atomic E-state index is -0.416. The first-order chi connectivity index (χ1) is 11.3. The van der Waals surface area contributed by atoms with E-state index in [0.717, 1.165) is 24.4 Å². The summed E-state index contributed by atoms with van der Waals surface area (Å²) in [6.07, 6.45) is 0.669. The van der Waals surface area contributed by atoms with Gasteiger partial charge in [-0.05, 0) is 39.3 Å². The first-order valence-corrected chi connectivity index (χ1v) is 8.78. The molecule has 2 aliphatic rings. The average Bonchev–Trinajstić information content (AvgIpc) is 2.96. The minimum Gasteiger partial charge on any atom is -0.480 e.